The number of para-hydroxylation sites is 1. The molecule has 0 bridgehead atoms. The highest BCUT2D eigenvalue weighted by Gasteiger charge is 2.20. The Labute approximate surface area is 95.5 Å². The minimum Gasteiger partial charge on any atom is -0.492 e. The molecule has 3 N–H and O–H groups in total. The first-order valence-corrected chi connectivity index (χ1v) is 5.56. The zero-order valence-corrected chi connectivity index (χ0v) is 9.66. The van der Waals surface area contributed by atoms with Crippen LogP contribution < -0.4 is 15.8 Å². The summed E-state index contributed by atoms with van der Waals surface area (Å²) in [6.07, 6.45) is 0. The molecule has 1 aromatic carbocycles. The van der Waals surface area contributed by atoms with E-state index < -0.39 is 0 Å². The molecule has 2 rings (SSSR count). The van der Waals surface area contributed by atoms with Crippen molar-refractivity contribution < 1.29 is 4.74 Å². The van der Waals surface area contributed by atoms with Crippen LogP contribution in [-0.2, 0) is 0 Å². The molecule has 1 atom stereocenters. The Hall–Kier alpha value is -1.55. The summed E-state index contributed by atoms with van der Waals surface area (Å²) in [6, 6.07) is 6.22. The van der Waals surface area contributed by atoms with Crippen LogP contribution in [0.2, 0.25) is 0 Å². The number of rotatable bonds is 3. The maximum absolute atomic E-state index is 5.61. The number of aliphatic imine (C=N–C) groups is 1. The predicted molar refractivity (Wildman–Crippen MR) is 65.3 cm³/mol. The highest BCUT2D eigenvalue weighted by atomic mass is 16.5. The molecule has 1 aliphatic rings. The van der Waals surface area contributed by atoms with Gasteiger partial charge in [-0.1, -0.05) is 12.1 Å². The van der Waals surface area contributed by atoms with Crippen LogP contribution in [0, 0.1) is 0 Å². The average Bonchev–Trinajstić information content (AvgIpc) is 2.30. The number of nitrogens with two attached hydrogens (primary N) is 1. The number of hydrogen-bond donors (Lipinski definition) is 2. The molecule has 0 aromatic heterocycles. The van der Waals surface area contributed by atoms with E-state index in [1.165, 1.54) is 0 Å². The fraction of sp³-hybridized carbons (Fsp3) is 0.417. The summed E-state index contributed by atoms with van der Waals surface area (Å²) in [5.41, 5.74) is 7.68. The topological polar surface area (TPSA) is 59.6 Å². The van der Waals surface area contributed by atoms with E-state index >= 15 is 0 Å². The van der Waals surface area contributed by atoms with E-state index in [2.05, 4.69) is 23.3 Å². The fourth-order valence-corrected chi connectivity index (χ4v) is 1.88. The van der Waals surface area contributed by atoms with Crippen molar-refractivity contribution >= 4 is 11.5 Å². The first kappa shape index (κ1) is 11.0. The molecule has 0 saturated heterocycles. The third kappa shape index (κ3) is 1.88. The minimum atomic E-state index is 0.228. The van der Waals surface area contributed by atoms with Crippen LogP contribution in [0.25, 0.3) is 0 Å². The second kappa shape index (κ2) is 4.53. The monoisotopic (exact) mass is 219 g/mol. The number of fused-ring (bicyclic) bond motifs is 1. The molecule has 1 aromatic rings. The molecule has 1 heterocycles. The van der Waals surface area contributed by atoms with Crippen LogP contribution >= 0.6 is 0 Å². The minimum absolute atomic E-state index is 0.228. The summed E-state index contributed by atoms with van der Waals surface area (Å²) in [6.45, 7) is 5.13. The first-order valence-electron chi connectivity index (χ1n) is 5.56. The Kier molecular flexibility index (Phi) is 3.10. The van der Waals surface area contributed by atoms with Crippen molar-refractivity contribution in [2.75, 3.05) is 13.2 Å². The smallest absolute Gasteiger partial charge is 0.145 e. The maximum atomic E-state index is 5.61. The Balaban J connectivity index is 2.48. The SMILES string of the molecule is CCOc1cccc2c1N=C(CN)NC2C. The second-order valence-electron chi connectivity index (χ2n) is 3.76. The van der Waals surface area contributed by atoms with Gasteiger partial charge in [0.1, 0.15) is 17.3 Å². The molecule has 0 saturated carbocycles. The standard InChI is InChI=1S/C12H17N3O/c1-3-16-10-6-4-5-9-8(2)14-11(7-13)15-12(9)10/h4-6,8H,3,7,13H2,1-2H3,(H,14,15). The van der Waals surface area contributed by atoms with Crippen molar-refractivity contribution in [3.05, 3.63) is 23.8 Å². The van der Waals surface area contributed by atoms with Gasteiger partial charge in [-0.25, -0.2) is 4.99 Å². The lowest BCUT2D eigenvalue weighted by Gasteiger charge is -2.24. The highest BCUT2D eigenvalue weighted by molar-refractivity contribution is 5.90. The van der Waals surface area contributed by atoms with E-state index in [9.17, 15) is 0 Å². The van der Waals surface area contributed by atoms with Gasteiger partial charge in [-0.3, -0.25) is 0 Å². The average molecular weight is 219 g/mol. The van der Waals surface area contributed by atoms with Crippen LogP contribution in [0.5, 0.6) is 5.75 Å². The molecule has 4 heteroatoms. The molecular formula is C12H17N3O. The molecule has 1 aliphatic heterocycles. The van der Waals surface area contributed by atoms with Gasteiger partial charge < -0.3 is 15.8 Å². The quantitative estimate of drug-likeness (QED) is 0.814. The van der Waals surface area contributed by atoms with Crippen LogP contribution in [0.15, 0.2) is 23.2 Å². The fourth-order valence-electron chi connectivity index (χ4n) is 1.88. The number of benzene rings is 1. The number of hydrogen-bond acceptors (Lipinski definition) is 4. The van der Waals surface area contributed by atoms with Gasteiger partial charge in [0, 0.05) is 5.56 Å². The van der Waals surface area contributed by atoms with Crippen molar-refractivity contribution in [2.45, 2.75) is 19.9 Å². The van der Waals surface area contributed by atoms with Crippen molar-refractivity contribution in [1.29, 1.82) is 0 Å². The normalized spacial score (nSPS) is 18.4. The third-order valence-corrected chi connectivity index (χ3v) is 2.62. The van der Waals surface area contributed by atoms with Gasteiger partial charge in [-0.15, -0.1) is 0 Å². The Morgan fingerprint density at radius 2 is 2.31 bits per heavy atom. The van der Waals surface area contributed by atoms with E-state index in [4.69, 9.17) is 10.5 Å². The number of ether oxygens (including phenoxy) is 1. The highest BCUT2D eigenvalue weighted by Crippen LogP contribution is 2.37. The molecule has 4 nitrogen and oxygen atoms in total. The molecule has 16 heavy (non-hydrogen) atoms. The number of nitrogens with one attached hydrogen (secondary N) is 1. The van der Waals surface area contributed by atoms with Gasteiger partial charge in [0.25, 0.3) is 0 Å². The van der Waals surface area contributed by atoms with Gasteiger partial charge in [0.05, 0.1) is 19.2 Å². The zero-order valence-electron chi connectivity index (χ0n) is 9.66. The van der Waals surface area contributed by atoms with Crippen molar-refractivity contribution in [2.24, 2.45) is 10.7 Å². The molecular weight excluding hydrogens is 202 g/mol. The van der Waals surface area contributed by atoms with Gasteiger partial charge in [0.15, 0.2) is 0 Å². The van der Waals surface area contributed by atoms with Gasteiger partial charge in [-0.2, -0.15) is 0 Å². The maximum Gasteiger partial charge on any atom is 0.145 e. The molecule has 0 amide bonds. The Morgan fingerprint density at radius 3 is 3.00 bits per heavy atom. The summed E-state index contributed by atoms with van der Waals surface area (Å²) in [5.74, 6) is 1.64. The van der Waals surface area contributed by atoms with Gasteiger partial charge in [0.2, 0.25) is 0 Å². The number of nitrogens with zero attached hydrogens (tertiary/aromatic N) is 1. The summed E-state index contributed by atoms with van der Waals surface area (Å²) >= 11 is 0. The Bertz CT molecular complexity index is 415. The lowest BCUT2D eigenvalue weighted by Crippen LogP contribution is -2.35. The van der Waals surface area contributed by atoms with Crippen molar-refractivity contribution in [1.82, 2.24) is 5.32 Å². The largest absolute Gasteiger partial charge is 0.492 e. The van der Waals surface area contributed by atoms with E-state index in [1.54, 1.807) is 0 Å². The van der Waals surface area contributed by atoms with E-state index in [1.807, 2.05) is 19.1 Å². The molecule has 86 valence electrons. The van der Waals surface area contributed by atoms with Crippen LogP contribution in [0.4, 0.5) is 5.69 Å². The Morgan fingerprint density at radius 1 is 1.50 bits per heavy atom. The van der Waals surface area contributed by atoms with E-state index in [0.29, 0.717) is 13.2 Å². The predicted octanol–water partition coefficient (Wildman–Crippen LogP) is 1.74. The molecule has 0 spiro atoms. The van der Waals surface area contributed by atoms with E-state index in [0.717, 1.165) is 22.8 Å². The summed E-state index contributed by atoms with van der Waals surface area (Å²) in [5, 5.41) is 3.26. The first-order chi connectivity index (χ1) is 7.76. The molecule has 0 aliphatic carbocycles. The molecule has 0 fully saturated rings. The van der Waals surface area contributed by atoms with Crippen LogP contribution in [0.3, 0.4) is 0 Å². The summed E-state index contributed by atoms with van der Waals surface area (Å²) in [7, 11) is 0. The molecule has 1 unspecified atom stereocenters. The second-order valence-corrected chi connectivity index (χ2v) is 3.76. The number of amidine groups is 1. The van der Waals surface area contributed by atoms with Crippen LogP contribution in [0.1, 0.15) is 25.5 Å². The van der Waals surface area contributed by atoms with Crippen molar-refractivity contribution in [3.63, 3.8) is 0 Å². The lowest BCUT2D eigenvalue weighted by molar-refractivity contribution is 0.340. The summed E-state index contributed by atoms with van der Waals surface area (Å²) < 4.78 is 5.57. The van der Waals surface area contributed by atoms with Crippen molar-refractivity contribution in [3.8, 4) is 5.75 Å². The summed E-state index contributed by atoms with van der Waals surface area (Å²) in [4.78, 5) is 4.49. The van der Waals surface area contributed by atoms with Gasteiger partial charge >= 0.3 is 0 Å². The molecule has 0 radical (unpaired) electrons. The zero-order chi connectivity index (χ0) is 11.5. The van der Waals surface area contributed by atoms with Gasteiger partial charge in [-0.05, 0) is 19.9 Å². The van der Waals surface area contributed by atoms with Crippen LogP contribution in [-0.4, -0.2) is 19.0 Å². The lowest BCUT2D eigenvalue weighted by atomic mass is 10.0. The van der Waals surface area contributed by atoms with E-state index in [-0.39, 0.29) is 6.04 Å². The third-order valence-electron chi connectivity index (χ3n) is 2.62.